The molecule has 2 aliphatic carbocycles. The van der Waals surface area contributed by atoms with Gasteiger partial charge in [0.05, 0.1) is 17.5 Å². The molecule has 0 unspecified atom stereocenters. The summed E-state index contributed by atoms with van der Waals surface area (Å²) in [4.78, 5) is 67.5. The topological polar surface area (TPSA) is 156 Å². The molecule has 3 amide bonds. The number of aryl methyl sites for hydroxylation is 3. The maximum Gasteiger partial charge on any atom is 0.335 e. The number of likely N-dealkylation sites (N-methyl/N-ethyl adjacent to an activating group) is 1. The number of benzene rings is 3. The fourth-order valence-electron chi connectivity index (χ4n) is 7.08. The number of carbonyl (C=O) groups excluding carboxylic acids is 3. The summed E-state index contributed by atoms with van der Waals surface area (Å²) in [5.74, 6) is -2.61. The van der Waals surface area contributed by atoms with E-state index in [1.165, 1.54) is 11.3 Å². The molecule has 1 aromatic heterocycles. The number of carboxylic acids is 2. The Bertz CT molecular complexity index is 2030. The van der Waals surface area contributed by atoms with Crippen LogP contribution in [-0.4, -0.2) is 75.3 Å². The fraction of sp³-hybridized carbons (Fsp3) is 0.372. The maximum atomic E-state index is 13.9. The zero-order chi connectivity index (χ0) is 38.9. The van der Waals surface area contributed by atoms with Gasteiger partial charge in [0.1, 0.15) is 5.00 Å². The zero-order valence-corrected chi connectivity index (χ0v) is 33.2. The van der Waals surface area contributed by atoms with Crippen LogP contribution in [0.2, 0.25) is 0 Å². The average Bonchev–Trinajstić information content (AvgIpc) is 3.97. The van der Waals surface area contributed by atoms with E-state index < -0.39 is 11.9 Å². The molecule has 13 heteroatoms. The van der Waals surface area contributed by atoms with Crippen LogP contribution < -0.4 is 10.6 Å². The Hall–Kier alpha value is -5.04. The predicted octanol–water partition coefficient (Wildman–Crippen LogP) is 7.71. The smallest absolute Gasteiger partial charge is 0.335 e. The van der Waals surface area contributed by atoms with Gasteiger partial charge in [0.15, 0.2) is 0 Å². The van der Waals surface area contributed by atoms with Crippen molar-refractivity contribution >= 4 is 64.1 Å². The van der Waals surface area contributed by atoms with Crippen molar-refractivity contribution in [1.29, 1.82) is 0 Å². The minimum atomic E-state index is -0.981. The van der Waals surface area contributed by atoms with E-state index in [9.17, 15) is 24.0 Å². The van der Waals surface area contributed by atoms with Gasteiger partial charge in [0.25, 0.3) is 11.8 Å². The second-order valence-electron chi connectivity index (χ2n) is 14.3. The lowest BCUT2D eigenvalue weighted by molar-refractivity contribution is -0.140. The van der Waals surface area contributed by atoms with Gasteiger partial charge < -0.3 is 25.7 Å². The molecule has 0 saturated heterocycles. The highest BCUT2D eigenvalue weighted by molar-refractivity contribution is 7.17. The molecule has 1 fully saturated rings. The Kier molecular flexibility index (Phi) is 14.8. The standard InChI is InChI=1S/C43H48N4O7S.ClH/c1-2-46(37(48)22-23-38(49)50)24-25-47(34-20-21-34)27-30-6-5-7-32(26-30)40(51)45-42-39(35-8-3-4-9-36(35)55-42)41(52)44-33-18-14-29(15-19-33)11-10-28-12-16-31(17-13-28)43(53)54;/h5-7,12-19,26,34H,2-4,8-11,20-25,27H2,1H3,(H,44,52)(H,45,51)(H,49,50)(H,53,54);1H. The van der Waals surface area contributed by atoms with Crippen molar-refractivity contribution in [3.8, 4) is 0 Å². The molecule has 6 rings (SSSR count). The molecule has 4 aromatic rings. The van der Waals surface area contributed by atoms with E-state index >= 15 is 0 Å². The number of carbonyl (C=O) groups is 5. The largest absolute Gasteiger partial charge is 0.481 e. The second-order valence-corrected chi connectivity index (χ2v) is 15.4. The summed E-state index contributed by atoms with van der Waals surface area (Å²) < 4.78 is 0. The maximum absolute atomic E-state index is 13.9. The number of hydrogen-bond acceptors (Lipinski definition) is 7. The average molecular weight is 801 g/mol. The van der Waals surface area contributed by atoms with E-state index in [0.29, 0.717) is 54.0 Å². The van der Waals surface area contributed by atoms with Gasteiger partial charge >= 0.3 is 11.9 Å². The molecule has 296 valence electrons. The van der Waals surface area contributed by atoms with Crippen molar-refractivity contribution in [1.82, 2.24) is 9.80 Å². The van der Waals surface area contributed by atoms with Gasteiger partial charge in [-0.15, -0.1) is 23.7 Å². The van der Waals surface area contributed by atoms with E-state index in [4.69, 9.17) is 10.2 Å². The molecule has 1 saturated carbocycles. The van der Waals surface area contributed by atoms with Crippen LogP contribution in [0.3, 0.4) is 0 Å². The zero-order valence-electron chi connectivity index (χ0n) is 31.6. The van der Waals surface area contributed by atoms with Gasteiger partial charge in [-0.3, -0.25) is 24.1 Å². The summed E-state index contributed by atoms with van der Waals surface area (Å²) in [5, 5.41) is 24.8. The van der Waals surface area contributed by atoms with Crippen LogP contribution in [0.25, 0.3) is 0 Å². The lowest BCUT2D eigenvalue weighted by Gasteiger charge is -2.27. The first-order valence-corrected chi connectivity index (χ1v) is 19.9. The summed E-state index contributed by atoms with van der Waals surface area (Å²) in [5.41, 5.74) is 6.07. The van der Waals surface area contributed by atoms with Gasteiger partial charge in [-0.05, 0) is 117 Å². The number of nitrogens with zero attached hydrogens (tertiary/aromatic N) is 2. The molecule has 11 nitrogen and oxygen atoms in total. The van der Waals surface area contributed by atoms with E-state index in [1.54, 1.807) is 23.1 Å². The van der Waals surface area contributed by atoms with E-state index in [-0.39, 0.29) is 48.5 Å². The molecule has 0 bridgehead atoms. The lowest BCUT2D eigenvalue weighted by atomic mass is 9.95. The van der Waals surface area contributed by atoms with Crippen LogP contribution in [0.4, 0.5) is 10.7 Å². The lowest BCUT2D eigenvalue weighted by Crippen LogP contribution is -2.39. The van der Waals surface area contributed by atoms with E-state index in [1.807, 2.05) is 61.5 Å². The van der Waals surface area contributed by atoms with Crippen LogP contribution >= 0.6 is 23.7 Å². The molecule has 0 spiro atoms. The first-order chi connectivity index (χ1) is 26.6. The molecular weight excluding hydrogens is 752 g/mol. The van der Waals surface area contributed by atoms with Gasteiger partial charge in [0.2, 0.25) is 5.91 Å². The third-order valence-electron chi connectivity index (χ3n) is 10.3. The number of aromatic carboxylic acids is 1. The molecule has 0 radical (unpaired) electrons. The first-order valence-electron chi connectivity index (χ1n) is 19.1. The Morgan fingerprint density at radius 2 is 1.45 bits per heavy atom. The summed E-state index contributed by atoms with van der Waals surface area (Å²) in [6.45, 7) is 4.19. The molecule has 0 atom stereocenters. The molecule has 1 heterocycles. The van der Waals surface area contributed by atoms with Crippen LogP contribution in [0, 0.1) is 0 Å². The third kappa shape index (κ3) is 11.3. The second kappa shape index (κ2) is 19.7. The molecule has 0 aliphatic heterocycles. The van der Waals surface area contributed by atoms with Crippen molar-refractivity contribution in [2.45, 2.75) is 83.7 Å². The Morgan fingerprint density at radius 3 is 2.09 bits per heavy atom. The molecule has 4 N–H and O–H groups in total. The summed E-state index contributed by atoms with van der Waals surface area (Å²) >= 11 is 1.48. The number of amides is 3. The number of hydrogen-bond donors (Lipinski definition) is 4. The van der Waals surface area contributed by atoms with Crippen molar-refractivity contribution in [2.24, 2.45) is 0 Å². The summed E-state index contributed by atoms with van der Waals surface area (Å²) in [7, 11) is 0. The van der Waals surface area contributed by atoms with E-state index in [0.717, 1.165) is 78.5 Å². The Morgan fingerprint density at radius 1 is 0.768 bits per heavy atom. The van der Waals surface area contributed by atoms with Crippen molar-refractivity contribution < 1.29 is 34.2 Å². The predicted molar refractivity (Wildman–Crippen MR) is 220 cm³/mol. The highest BCUT2D eigenvalue weighted by Crippen LogP contribution is 2.39. The minimum Gasteiger partial charge on any atom is -0.481 e. The Labute approximate surface area is 337 Å². The highest BCUT2D eigenvalue weighted by Gasteiger charge is 2.30. The highest BCUT2D eigenvalue weighted by atomic mass is 35.5. The van der Waals surface area contributed by atoms with Gasteiger partial charge in [0, 0.05) is 54.8 Å². The number of fused-ring (bicyclic) bond motifs is 1. The quantitative estimate of drug-likeness (QED) is 0.0798. The molecule has 2 aliphatic rings. The van der Waals surface area contributed by atoms with Gasteiger partial charge in [-0.2, -0.15) is 0 Å². The van der Waals surface area contributed by atoms with Crippen LogP contribution in [0.15, 0.2) is 72.8 Å². The number of aliphatic carboxylic acids is 1. The first kappa shape index (κ1) is 42.1. The minimum absolute atomic E-state index is 0. The number of thiophene rings is 1. The summed E-state index contributed by atoms with van der Waals surface area (Å²) in [6.07, 6.45) is 7.16. The monoisotopic (exact) mass is 800 g/mol. The Balaban J connectivity index is 0.00000600. The van der Waals surface area contributed by atoms with Crippen LogP contribution in [0.5, 0.6) is 0 Å². The summed E-state index contributed by atoms with van der Waals surface area (Å²) in [6, 6.07) is 22.5. The van der Waals surface area contributed by atoms with Gasteiger partial charge in [-0.1, -0.05) is 36.4 Å². The number of rotatable bonds is 18. The van der Waals surface area contributed by atoms with Crippen molar-refractivity contribution in [2.75, 3.05) is 30.3 Å². The molecule has 56 heavy (non-hydrogen) atoms. The number of nitrogens with one attached hydrogen (secondary N) is 2. The van der Waals surface area contributed by atoms with Crippen molar-refractivity contribution in [3.63, 3.8) is 0 Å². The number of halogens is 1. The van der Waals surface area contributed by atoms with Crippen molar-refractivity contribution in [3.05, 3.63) is 117 Å². The van der Waals surface area contributed by atoms with Crippen LogP contribution in [0.1, 0.15) is 104 Å². The number of anilines is 2. The van der Waals surface area contributed by atoms with E-state index in [2.05, 4.69) is 15.5 Å². The van der Waals surface area contributed by atoms with Crippen LogP contribution in [-0.2, 0) is 41.8 Å². The van der Waals surface area contributed by atoms with Gasteiger partial charge in [-0.25, -0.2) is 4.79 Å². The third-order valence-corrected chi connectivity index (χ3v) is 11.5. The molecular formula is C43H49ClN4O7S. The fourth-order valence-corrected chi connectivity index (χ4v) is 8.36. The SMILES string of the molecule is CCN(CCN(Cc1cccc(C(=O)Nc2sc3c(c2C(=O)Nc2ccc(CCc4ccc(C(=O)O)cc4)cc2)CCCC3)c1)C1CC1)C(=O)CCC(=O)O.Cl. The normalized spacial score (nSPS) is 13.3. The number of carboxylic acid groups (broad SMARTS) is 2. The molecule has 3 aromatic carbocycles.